The van der Waals surface area contributed by atoms with E-state index in [0.717, 1.165) is 25.3 Å². The molecule has 0 atom stereocenters. The van der Waals surface area contributed by atoms with Gasteiger partial charge < -0.3 is 11.1 Å². The zero-order chi connectivity index (χ0) is 13.2. The van der Waals surface area contributed by atoms with Gasteiger partial charge in [-0.1, -0.05) is 18.2 Å². The number of nitrogens with one attached hydrogen (secondary N) is 1. The van der Waals surface area contributed by atoms with Gasteiger partial charge in [0.25, 0.3) is 0 Å². The molecule has 1 saturated heterocycles. The minimum Gasteiger partial charge on any atom is -0.326 e. The van der Waals surface area contributed by atoms with Crippen molar-refractivity contribution >= 4 is 11.6 Å². The van der Waals surface area contributed by atoms with Gasteiger partial charge in [0.15, 0.2) is 0 Å². The highest BCUT2D eigenvalue weighted by atomic mass is 16.2. The summed E-state index contributed by atoms with van der Waals surface area (Å²) < 4.78 is 0. The molecule has 0 unspecified atom stereocenters. The maximum absolute atomic E-state index is 12.2. The fourth-order valence-electron chi connectivity index (χ4n) is 2.19. The van der Waals surface area contributed by atoms with Crippen LogP contribution in [0.5, 0.6) is 0 Å². The van der Waals surface area contributed by atoms with Crippen molar-refractivity contribution in [1.82, 2.24) is 4.90 Å². The first-order valence-corrected chi connectivity index (χ1v) is 6.32. The number of nitrogens with zero attached hydrogens (tertiary/aromatic N) is 1. The summed E-state index contributed by atoms with van der Waals surface area (Å²) in [5, 5.41) is 2.95. The van der Waals surface area contributed by atoms with Crippen molar-refractivity contribution in [1.29, 1.82) is 0 Å². The number of likely N-dealkylation sites (tertiary alicyclic amines) is 1. The SMILES string of the molecule is CC(C)(CN1CC(N)C1)C(=O)Nc1ccccc1. The van der Waals surface area contributed by atoms with Crippen molar-refractivity contribution < 1.29 is 4.79 Å². The van der Waals surface area contributed by atoms with E-state index in [-0.39, 0.29) is 11.9 Å². The fraction of sp³-hybridized carbons (Fsp3) is 0.500. The van der Waals surface area contributed by atoms with Crippen molar-refractivity contribution in [3.05, 3.63) is 30.3 Å². The molecule has 1 fully saturated rings. The van der Waals surface area contributed by atoms with Crippen LogP contribution in [0.25, 0.3) is 0 Å². The van der Waals surface area contributed by atoms with Gasteiger partial charge >= 0.3 is 0 Å². The van der Waals surface area contributed by atoms with E-state index in [1.165, 1.54) is 0 Å². The quantitative estimate of drug-likeness (QED) is 0.843. The first-order chi connectivity index (χ1) is 8.47. The van der Waals surface area contributed by atoms with Gasteiger partial charge in [0.05, 0.1) is 5.41 Å². The van der Waals surface area contributed by atoms with E-state index in [2.05, 4.69) is 10.2 Å². The van der Waals surface area contributed by atoms with Crippen LogP contribution >= 0.6 is 0 Å². The molecule has 3 N–H and O–H groups in total. The van der Waals surface area contributed by atoms with Crippen LogP contribution in [0.1, 0.15) is 13.8 Å². The van der Waals surface area contributed by atoms with Crippen LogP contribution in [-0.2, 0) is 4.79 Å². The monoisotopic (exact) mass is 247 g/mol. The Hall–Kier alpha value is -1.39. The Morgan fingerprint density at radius 1 is 1.39 bits per heavy atom. The number of carbonyl (C=O) groups is 1. The van der Waals surface area contributed by atoms with Gasteiger partial charge in [0.1, 0.15) is 0 Å². The lowest BCUT2D eigenvalue weighted by molar-refractivity contribution is -0.125. The Morgan fingerprint density at radius 2 is 2.00 bits per heavy atom. The Balaban J connectivity index is 1.90. The zero-order valence-corrected chi connectivity index (χ0v) is 11.0. The molecule has 0 spiro atoms. The van der Waals surface area contributed by atoms with Crippen LogP contribution in [0.4, 0.5) is 5.69 Å². The van der Waals surface area contributed by atoms with E-state index in [4.69, 9.17) is 5.73 Å². The summed E-state index contributed by atoms with van der Waals surface area (Å²) in [5.41, 5.74) is 6.18. The average Bonchev–Trinajstić information content (AvgIpc) is 2.28. The van der Waals surface area contributed by atoms with E-state index in [1.54, 1.807) is 0 Å². The fourth-order valence-corrected chi connectivity index (χ4v) is 2.19. The Labute approximate surface area is 108 Å². The smallest absolute Gasteiger partial charge is 0.231 e. The maximum Gasteiger partial charge on any atom is 0.231 e. The standard InChI is InChI=1S/C14H21N3O/c1-14(2,10-17-8-11(15)9-17)13(18)16-12-6-4-3-5-7-12/h3-7,11H,8-10,15H2,1-2H3,(H,16,18). The first-order valence-electron chi connectivity index (χ1n) is 6.32. The number of rotatable bonds is 4. The topological polar surface area (TPSA) is 58.4 Å². The summed E-state index contributed by atoms with van der Waals surface area (Å²) in [6.07, 6.45) is 0. The molecule has 0 saturated carbocycles. The predicted octanol–water partition coefficient (Wildman–Crippen LogP) is 1.29. The second-order valence-corrected chi connectivity index (χ2v) is 5.66. The molecule has 2 rings (SSSR count). The highest BCUT2D eigenvalue weighted by molar-refractivity contribution is 5.94. The van der Waals surface area contributed by atoms with Crippen molar-refractivity contribution in [3.63, 3.8) is 0 Å². The number of carbonyl (C=O) groups excluding carboxylic acids is 1. The summed E-state index contributed by atoms with van der Waals surface area (Å²) in [5.74, 6) is 0.0502. The van der Waals surface area contributed by atoms with E-state index in [1.807, 2.05) is 44.2 Å². The normalized spacial score (nSPS) is 17.3. The molecule has 0 radical (unpaired) electrons. The molecule has 98 valence electrons. The second kappa shape index (κ2) is 5.08. The Bertz CT molecular complexity index is 410. The van der Waals surface area contributed by atoms with Gasteiger partial charge in [-0.3, -0.25) is 9.69 Å². The van der Waals surface area contributed by atoms with Gasteiger partial charge in [-0.25, -0.2) is 0 Å². The van der Waals surface area contributed by atoms with Crippen LogP contribution in [0.15, 0.2) is 30.3 Å². The number of para-hydroxylation sites is 1. The van der Waals surface area contributed by atoms with Gasteiger partial charge in [-0.05, 0) is 26.0 Å². The van der Waals surface area contributed by atoms with Crippen LogP contribution in [0, 0.1) is 5.41 Å². The summed E-state index contributed by atoms with van der Waals surface area (Å²) in [6.45, 7) is 6.47. The van der Waals surface area contributed by atoms with Crippen LogP contribution in [-0.4, -0.2) is 36.5 Å². The molecule has 1 aromatic rings. The van der Waals surface area contributed by atoms with Crippen molar-refractivity contribution in [2.45, 2.75) is 19.9 Å². The van der Waals surface area contributed by atoms with Gasteiger partial charge in [-0.15, -0.1) is 0 Å². The number of nitrogens with two attached hydrogens (primary N) is 1. The minimum atomic E-state index is -0.407. The number of anilines is 1. The van der Waals surface area contributed by atoms with E-state index in [9.17, 15) is 4.79 Å². The summed E-state index contributed by atoms with van der Waals surface area (Å²) in [6, 6.07) is 9.83. The molecule has 1 amide bonds. The third-order valence-corrected chi connectivity index (χ3v) is 3.25. The molecule has 1 aliphatic rings. The van der Waals surface area contributed by atoms with E-state index in [0.29, 0.717) is 0 Å². The number of benzene rings is 1. The number of amides is 1. The number of hydrogen-bond donors (Lipinski definition) is 2. The van der Waals surface area contributed by atoms with E-state index >= 15 is 0 Å². The summed E-state index contributed by atoms with van der Waals surface area (Å²) >= 11 is 0. The van der Waals surface area contributed by atoms with Crippen molar-refractivity contribution in [2.24, 2.45) is 11.1 Å². The third kappa shape index (κ3) is 3.09. The molecule has 4 nitrogen and oxygen atoms in total. The lowest BCUT2D eigenvalue weighted by Crippen LogP contribution is -2.58. The largest absolute Gasteiger partial charge is 0.326 e. The van der Waals surface area contributed by atoms with Crippen LogP contribution < -0.4 is 11.1 Å². The van der Waals surface area contributed by atoms with E-state index < -0.39 is 5.41 Å². The molecule has 0 aliphatic carbocycles. The van der Waals surface area contributed by atoms with Crippen molar-refractivity contribution in [3.8, 4) is 0 Å². The maximum atomic E-state index is 12.2. The Morgan fingerprint density at radius 3 is 2.56 bits per heavy atom. The molecular formula is C14H21N3O. The molecule has 0 bridgehead atoms. The number of hydrogen-bond acceptors (Lipinski definition) is 3. The second-order valence-electron chi connectivity index (χ2n) is 5.66. The molecule has 0 aromatic heterocycles. The lowest BCUT2D eigenvalue weighted by Gasteiger charge is -2.41. The predicted molar refractivity (Wildman–Crippen MR) is 73.3 cm³/mol. The molecule has 1 aliphatic heterocycles. The third-order valence-electron chi connectivity index (χ3n) is 3.25. The van der Waals surface area contributed by atoms with Crippen molar-refractivity contribution in [2.75, 3.05) is 25.0 Å². The molecule has 1 aromatic carbocycles. The highest BCUT2D eigenvalue weighted by Crippen LogP contribution is 2.22. The van der Waals surface area contributed by atoms with Gasteiger partial charge in [-0.2, -0.15) is 0 Å². The molecule has 18 heavy (non-hydrogen) atoms. The molecule has 1 heterocycles. The zero-order valence-electron chi connectivity index (χ0n) is 11.0. The lowest BCUT2D eigenvalue weighted by atomic mass is 9.89. The molecule has 4 heteroatoms. The molecular weight excluding hydrogens is 226 g/mol. The highest BCUT2D eigenvalue weighted by Gasteiger charge is 2.34. The van der Waals surface area contributed by atoms with Crippen LogP contribution in [0.3, 0.4) is 0 Å². The first kappa shape index (κ1) is 13.1. The summed E-state index contributed by atoms with van der Waals surface area (Å²) in [4.78, 5) is 14.4. The summed E-state index contributed by atoms with van der Waals surface area (Å²) in [7, 11) is 0. The van der Waals surface area contributed by atoms with Gasteiger partial charge in [0, 0.05) is 31.4 Å². The average molecular weight is 247 g/mol. The Kier molecular flexibility index (Phi) is 3.68. The minimum absolute atomic E-state index is 0.0502. The van der Waals surface area contributed by atoms with Gasteiger partial charge in [0.2, 0.25) is 5.91 Å². The van der Waals surface area contributed by atoms with Crippen LogP contribution in [0.2, 0.25) is 0 Å².